The van der Waals surface area contributed by atoms with Crippen molar-refractivity contribution in [2.24, 2.45) is 7.05 Å². The molecule has 128 valence electrons. The molecular formula is C17H21N3O3S. The van der Waals surface area contributed by atoms with Crippen molar-refractivity contribution < 1.29 is 13.7 Å². The maximum atomic E-state index is 12.9. The molecule has 1 atom stereocenters. The number of hydrogen-bond acceptors (Lipinski definition) is 5. The zero-order valence-corrected chi connectivity index (χ0v) is 15.0. The second-order valence-corrected chi connectivity index (χ2v) is 6.62. The molecule has 1 unspecified atom stereocenters. The number of benzene rings is 1. The molecule has 1 heterocycles. The number of nitrogens with one attached hydrogen (secondary N) is 2. The van der Waals surface area contributed by atoms with E-state index in [0.717, 1.165) is 11.4 Å². The normalized spacial score (nSPS) is 11.8. The Kier molecular flexibility index (Phi) is 5.56. The zero-order chi connectivity index (χ0) is 17.9. The predicted octanol–water partition coefficient (Wildman–Crippen LogP) is 2.72. The highest BCUT2D eigenvalue weighted by Gasteiger charge is 2.21. The Morgan fingerprint density at radius 1 is 1.42 bits per heavy atom. The number of carbonyl (C=O) groups is 1. The van der Waals surface area contributed by atoms with Gasteiger partial charge in [0.2, 0.25) is 0 Å². The summed E-state index contributed by atoms with van der Waals surface area (Å²) in [6, 6.07) is 6.87. The van der Waals surface area contributed by atoms with Gasteiger partial charge < -0.3 is 20.0 Å². The van der Waals surface area contributed by atoms with Crippen LogP contribution < -0.4 is 5.32 Å². The van der Waals surface area contributed by atoms with Gasteiger partial charge in [-0.25, -0.2) is 9.00 Å². The van der Waals surface area contributed by atoms with E-state index in [-0.39, 0.29) is 6.61 Å². The van der Waals surface area contributed by atoms with Crippen molar-refractivity contribution in [3.05, 3.63) is 41.2 Å². The second kappa shape index (κ2) is 7.44. The number of rotatable bonds is 6. The average Bonchev–Trinajstić information content (AvgIpc) is 2.89. The van der Waals surface area contributed by atoms with Crippen LogP contribution in [0.3, 0.4) is 0 Å². The largest absolute Gasteiger partial charge is 0.461 e. The summed E-state index contributed by atoms with van der Waals surface area (Å²) in [7, 11) is 2.07. The van der Waals surface area contributed by atoms with Crippen LogP contribution in [0.15, 0.2) is 34.1 Å². The first kappa shape index (κ1) is 17.9. The van der Waals surface area contributed by atoms with Gasteiger partial charge >= 0.3 is 5.97 Å². The molecular weight excluding hydrogens is 326 g/mol. The summed E-state index contributed by atoms with van der Waals surface area (Å²) < 4.78 is 19.6. The van der Waals surface area contributed by atoms with E-state index in [0.29, 0.717) is 21.0 Å². The van der Waals surface area contributed by atoms with Crippen molar-refractivity contribution in [1.29, 1.82) is 5.41 Å². The standard InChI is InChI=1S/C17H21N3O3S/c1-5-23-17(21)15-9-16(11(2)20(15)4)24(22)13-6-7-14(19-3)12(8-13)10-18/h6-10,18-19H,5H2,1-4H3. The van der Waals surface area contributed by atoms with Gasteiger partial charge in [-0.3, -0.25) is 0 Å². The van der Waals surface area contributed by atoms with Crippen LogP contribution in [-0.4, -0.2) is 34.6 Å². The van der Waals surface area contributed by atoms with Crippen LogP contribution in [-0.2, 0) is 22.6 Å². The lowest BCUT2D eigenvalue weighted by atomic mass is 10.2. The van der Waals surface area contributed by atoms with Crippen LogP contribution in [0, 0.1) is 12.3 Å². The minimum atomic E-state index is -1.45. The van der Waals surface area contributed by atoms with Crippen LogP contribution in [0.25, 0.3) is 0 Å². The van der Waals surface area contributed by atoms with Crippen LogP contribution in [0.4, 0.5) is 5.69 Å². The third kappa shape index (κ3) is 3.26. The predicted molar refractivity (Wildman–Crippen MR) is 94.7 cm³/mol. The minimum absolute atomic E-state index is 0.287. The third-order valence-corrected chi connectivity index (χ3v) is 5.33. The van der Waals surface area contributed by atoms with E-state index in [4.69, 9.17) is 10.1 Å². The molecule has 0 radical (unpaired) electrons. The Labute approximate surface area is 143 Å². The van der Waals surface area contributed by atoms with Crippen molar-refractivity contribution in [3.8, 4) is 0 Å². The summed E-state index contributed by atoms with van der Waals surface area (Å²) >= 11 is 0. The highest BCUT2D eigenvalue weighted by molar-refractivity contribution is 7.85. The molecule has 0 amide bonds. The number of carbonyl (C=O) groups excluding carboxylic acids is 1. The monoisotopic (exact) mass is 347 g/mol. The molecule has 24 heavy (non-hydrogen) atoms. The lowest BCUT2D eigenvalue weighted by Gasteiger charge is -2.08. The number of aromatic nitrogens is 1. The molecule has 0 bridgehead atoms. The highest BCUT2D eigenvalue weighted by Crippen LogP contribution is 2.26. The molecule has 2 rings (SSSR count). The summed E-state index contributed by atoms with van der Waals surface area (Å²) in [5, 5.41) is 10.5. The van der Waals surface area contributed by atoms with E-state index >= 15 is 0 Å². The number of esters is 1. The van der Waals surface area contributed by atoms with Gasteiger partial charge in [0.1, 0.15) is 5.69 Å². The third-order valence-electron chi connectivity index (χ3n) is 3.84. The Bertz CT molecular complexity index is 812. The fourth-order valence-electron chi connectivity index (χ4n) is 2.39. The molecule has 0 saturated carbocycles. The van der Waals surface area contributed by atoms with E-state index in [2.05, 4.69) is 5.32 Å². The van der Waals surface area contributed by atoms with Gasteiger partial charge in [-0.05, 0) is 38.1 Å². The zero-order valence-electron chi connectivity index (χ0n) is 14.2. The number of ether oxygens (including phenoxy) is 1. The summed E-state index contributed by atoms with van der Waals surface area (Å²) in [4.78, 5) is 13.1. The van der Waals surface area contributed by atoms with E-state index in [1.807, 2.05) is 6.92 Å². The lowest BCUT2D eigenvalue weighted by molar-refractivity contribution is 0.0515. The van der Waals surface area contributed by atoms with Crippen molar-refractivity contribution in [3.63, 3.8) is 0 Å². The topological polar surface area (TPSA) is 84.2 Å². The fraction of sp³-hybridized carbons (Fsp3) is 0.294. The molecule has 0 aliphatic heterocycles. The summed E-state index contributed by atoms with van der Waals surface area (Å²) in [5.41, 5.74) is 2.56. The molecule has 0 saturated heterocycles. The summed E-state index contributed by atoms with van der Waals surface area (Å²) in [5.74, 6) is -0.433. The molecule has 2 aromatic rings. The number of nitrogens with zero attached hydrogens (tertiary/aromatic N) is 1. The van der Waals surface area contributed by atoms with Crippen molar-refractivity contribution in [1.82, 2.24) is 4.57 Å². The van der Waals surface area contributed by atoms with Gasteiger partial charge in [-0.1, -0.05) is 0 Å². The second-order valence-electron chi connectivity index (χ2n) is 5.17. The van der Waals surface area contributed by atoms with E-state index in [1.54, 1.807) is 49.9 Å². The summed E-state index contributed by atoms with van der Waals surface area (Å²) in [6.45, 7) is 3.85. The smallest absolute Gasteiger partial charge is 0.354 e. The molecule has 6 nitrogen and oxygen atoms in total. The maximum absolute atomic E-state index is 12.9. The number of hydrogen-bond donors (Lipinski definition) is 2. The van der Waals surface area contributed by atoms with E-state index < -0.39 is 16.8 Å². The van der Waals surface area contributed by atoms with Crippen LogP contribution >= 0.6 is 0 Å². The Hall–Kier alpha value is -2.41. The molecule has 0 fully saturated rings. The van der Waals surface area contributed by atoms with Gasteiger partial charge in [0.15, 0.2) is 0 Å². The van der Waals surface area contributed by atoms with Gasteiger partial charge in [-0.15, -0.1) is 0 Å². The van der Waals surface area contributed by atoms with Gasteiger partial charge in [0, 0.05) is 42.2 Å². The first-order chi connectivity index (χ1) is 11.4. The van der Waals surface area contributed by atoms with Crippen LogP contribution in [0.5, 0.6) is 0 Å². The molecule has 0 aliphatic carbocycles. The molecule has 1 aromatic carbocycles. The molecule has 1 aromatic heterocycles. The molecule has 2 N–H and O–H groups in total. The van der Waals surface area contributed by atoms with Crippen LogP contribution in [0.2, 0.25) is 0 Å². The van der Waals surface area contributed by atoms with Crippen LogP contribution in [0.1, 0.15) is 28.7 Å². The number of anilines is 1. The molecule has 0 aliphatic rings. The average molecular weight is 347 g/mol. The Morgan fingerprint density at radius 2 is 2.12 bits per heavy atom. The van der Waals surface area contributed by atoms with Gasteiger partial charge in [0.05, 0.1) is 22.3 Å². The van der Waals surface area contributed by atoms with Crippen molar-refractivity contribution in [2.45, 2.75) is 23.6 Å². The summed E-state index contributed by atoms with van der Waals surface area (Å²) in [6.07, 6.45) is 1.22. The first-order valence-corrected chi connectivity index (χ1v) is 8.67. The minimum Gasteiger partial charge on any atom is -0.461 e. The van der Waals surface area contributed by atoms with Crippen molar-refractivity contribution >= 4 is 28.7 Å². The van der Waals surface area contributed by atoms with Crippen molar-refractivity contribution in [2.75, 3.05) is 19.0 Å². The van der Waals surface area contributed by atoms with E-state index in [9.17, 15) is 9.00 Å². The SMILES string of the molecule is CCOC(=O)c1cc(S(=O)c2ccc(NC)c(C=N)c2)c(C)n1C. The molecule has 7 heteroatoms. The first-order valence-electron chi connectivity index (χ1n) is 7.52. The van der Waals surface area contributed by atoms with E-state index in [1.165, 1.54) is 6.21 Å². The fourth-order valence-corrected chi connectivity index (χ4v) is 3.69. The lowest BCUT2D eigenvalue weighted by Crippen LogP contribution is -2.10. The highest BCUT2D eigenvalue weighted by atomic mass is 32.2. The quantitative estimate of drug-likeness (QED) is 0.621. The maximum Gasteiger partial charge on any atom is 0.354 e. The Morgan fingerprint density at radius 3 is 2.71 bits per heavy atom. The Balaban J connectivity index is 2.45. The molecule has 0 spiro atoms. The van der Waals surface area contributed by atoms with Gasteiger partial charge in [0.25, 0.3) is 0 Å². The van der Waals surface area contributed by atoms with Gasteiger partial charge in [-0.2, -0.15) is 0 Å².